The summed E-state index contributed by atoms with van der Waals surface area (Å²) in [6.45, 7) is 4.00. The standard InChI is InChI=1S/C23H25FN6.C2H6/c1-26-22-18-8-9-30(23(18)28-13-27-22)17-7-5-14(10-17)2-3-15-4-6-16-12-19(24)21(25)29-20(16)11-15;1-2/h4,6,8-9,11-14,17H,2-3,5,7,10H2,1H3,(H2,25,29)(H,26,27,28);1-2H3. The van der Waals surface area contributed by atoms with Gasteiger partial charge in [0.15, 0.2) is 11.6 Å². The Balaban J connectivity index is 0.00000119. The summed E-state index contributed by atoms with van der Waals surface area (Å²) in [4.78, 5) is 13.0. The number of anilines is 2. The molecule has 0 saturated heterocycles. The minimum Gasteiger partial charge on any atom is -0.381 e. The van der Waals surface area contributed by atoms with Crippen molar-refractivity contribution in [1.29, 1.82) is 0 Å². The average Bonchev–Trinajstić information content (AvgIpc) is 3.46. The number of rotatable bonds is 5. The van der Waals surface area contributed by atoms with Crippen molar-refractivity contribution in [1.82, 2.24) is 19.5 Å². The van der Waals surface area contributed by atoms with E-state index in [0.29, 0.717) is 12.0 Å². The Hall–Kier alpha value is -3.22. The van der Waals surface area contributed by atoms with Crippen LogP contribution in [0.2, 0.25) is 0 Å². The fraction of sp³-hybridized carbons (Fsp3) is 0.400. The van der Waals surface area contributed by atoms with Gasteiger partial charge in [0, 0.05) is 24.7 Å². The van der Waals surface area contributed by atoms with Crippen molar-refractivity contribution in [2.24, 2.45) is 5.92 Å². The van der Waals surface area contributed by atoms with Crippen LogP contribution in [-0.2, 0) is 6.42 Å². The van der Waals surface area contributed by atoms with Gasteiger partial charge in [0.05, 0.1) is 10.9 Å². The highest BCUT2D eigenvalue weighted by Gasteiger charge is 2.27. The van der Waals surface area contributed by atoms with Crippen LogP contribution < -0.4 is 11.1 Å². The van der Waals surface area contributed by atoms with Gasteiger partial charge in [-0.3, -0.25) is 0 Å². The predicted molar refractivity (Wildman–Crippen MR) is 129 cm³/mol. The lowest BCUT2D eigenvalue weighted by molar-refractivity contribution is 0.461. The Morgan fingerprint density at radius 2 is 2.00 bits per heavy atom. The molecule has 1 aliphatic rings. The molecule has 1 saturated carbocycles. The summed E-state index contributed by atoms with van der Waals surface area (Å²) in [7, 11) is 1.89. The fourth-order valence-corrected chi connectivity index (χ4v) is 4.76. The van der Waals surface area contributed by atoms with Gasteiger partial charge in [-0.05, 0) is 61.8 Å². The monoisotopic (exact) mass is 434 g/mol. The summed E-state index contributed by atoms with van der Waals surface area (Å²) < 4.78 is 15.9. The lowest BCUT2D eigenvalue weighted by Crippen LogP contribution is -2.06. The van der Waals surface area contributed by atoms with Crippen LogP contribution in [0.25, 0.3) is 21.9 Å². The van der Waals surface area contributed by atoms with Gasteiger partial charge in [0.2, 0.25) is 0 Å². The van der Waals surface area contributed by atoms with Gasteiger partial charge in [0.1, 0.15) is 17.8 Å². The van der Waals surface area contributed by atoms with Gasteiger partial charge in [-0.25, -0.2) is 19.3 Å². The van der Waals surface area contributed by atoms with Gasteiger partial charge in [-0.1, -0.05) is 26.0 Å². The second-order valence-electron chi connectivity index (χ2n) is 8.19. The Morgan fingerprint density at radius 1 is 1.16 bits per heavy atom. The Kier molecular flexibility index (Phi) is 6.53. The summed E-state index contributed by atoms with van der Waals surface area (Å²) in [5, 5.41) is 5.00. The molecule has 32 heavy (non-hydrogen) atoms. The molecule has 3 N–H and O–H groups in total. The third-order valence-corrected chi connectivity index (χ3v) is 6.36. The van der Waals surface area contributed by atoms with E-state index in [1.165, 1.54) is 24.5 Å². The maximum absolute atomic E-state index is 13.6. The van der Waals surface area contributed by atoms with Gasteiger partial charge in [-0.15, -0.1) is 0 Å². The molecule has 2 atom stereocenters. The molecule has 3 aromatic heterocycles. The minimum absolute atomic E-state index is 0.0394. The van der Waals surface area contributed by atoms with Gasteiger partial charge in [-0.2, -0.15) is 0 Å². The van der Waals surface area contributed by atoms with Crippen molar-refractivity contribution >= 4 is 33.6 Å². The van der Waals surface area contributed by atoms with E-state index in [0.717, 1.165) is 47.0 Å². The highest BCUT2D eigenvalue weighted by atomic mass is 19.1. The second-order valence-corrected chi connectivity index (χ2v) is 8.19. The van der Waals surface area contributed by atoms with Crippen LogP contribution in [0.1, 0.15) is 51.1 Å². The van der Waals surface area contributed by atoms with Crippen LogP contribution in [-0.4, -0.2) is 26.6 Å². The van der Waals surface area contributed by atoms with Crippen LogP contribution >= 0.6 is 0 Å². The molecule has 0 spiro atoms. The Labute approximate surface area is 188 Å². The third-order valence-electron chi connectivity index (χ3n) is 6.36. The highest BCUT2D eigenvalue weighted by molar-refractivity contribution is 5.87. The highest BCUT2D eigenvalue weighted by Crippen LogP contribution is 2.39. The van der Waals surface area contributed by atoms with Crippen LogP contribution in [0, 0.1) is 11.7 Å². The molecule has 1 aliphatic carbocycles. The van der Waals surface area contributed by atoms with Crippen molar-refractivity contribution in [2.45, 2.75) is 52.0 Å². The molecule has 1 fully saturated rings. The quantitative estimate of drug-likeness (QED) is 0.418. The molecule has 0 aliphatic heterocycles. The van der Waals surface area contributed by atoms with E-state index in [1.807, 2.05) is 33.0 Å². The number of nitrogen functional groups attached to an aromatic ring is 1. The number of benzene rings is 1. The zero-order valence-corrected chi connectivity index (χ0v) is 19.0. The first-order chi connectivity index (χ1) is 15.6. The summed E-state index contributed by atoms with van der Waals surface area (Å²) >= 11 is 0. The molecule has 3 heterocycles. The smallest absolute Gasteiger partial charge is 0.165 e. The fourth-order valence-electron chi connectivity index (χ4n) is 4.76. The van der Waals surface area contributed by atoms with Crippen molar-refractivity contribution in [3.8, 4) is 0 Å². The van der Waals surface area contributed by atoms with Crippen LogP contribution in [0.5, 0.6) is 0 Å². The number of aryl methyl sites for hydroxylation is 1. The van der Waals surface area contributed by atoms with Crippen molar-refractivity contribution in [3.63, 3.8) is 0 Å². The zero-order chi connectivity index (χ0) is 22.7. The lowest BCUT2D eigenvalue weighted by atomic mass is 9.97. The van der Waals surface area contributed by atoms with Crippen LogP contribution in [0.15, 0.2) is 42.9 Å². The normalized spacial score (nSPS) is 18.0. The predicted octanol–water partition coefficient (Wildman–Crippen LogP) is 5.74. The zero-order valence-electron chi connectivity index (χ0n) is 19.0. The summed E-state index contributed by atoms with van der Waals surface area (Å²) in [6, 6.07) is 10.1. The molecule has 6 nitrogen and oxygen atoms in total. The maximum atomic E-state index is 13.6. The van der Waals surface area contributed by atoms with Crippen LogP contribution in [0.3, 0.4) is 0 Å². The van der Waals surface area contributed by atoms with E-state index < -0.39 is 5.82 Å². The maximum Gasteiger partial charge on any atom is 0.165 e. The molecular weight excluding hydrogens is 403 g/mol. The molecule has 0 amide bonds. The Morgan fingerprint density at radius 3 is 2.81 bits per heavy atom. The number of fused-ring (bicyclic) bond motifs is 2. The SMILES string of the molecule is CC.CNc1ncnc2c1ccn2C1CCC(CCc2ccc3cc(F)c(N)nc3c2)C1. The molecule has 7 heteroatoms. The average molecular weight is 435 g/mol. The second kappa shape index (κ2) is 9.51. The summed E-state index contributed by atoms with van der Waals surface area (Å²) in [5.41, 5.74) is 8.62. The summed E-state index contributed by atoms with van der Waals surface area (Å²) in [6.07, 6.45) is 9.45. The molecule has 0 bridgehead atoms. The van der Waals surface area contributed by atoms with E-state index >= 15 is 0 Å². The van der Waals surface area contributed by atoms with Crippen molar-refractivity contribution < 1.29 is 4.39 Å². The van der Waals surface area contributed by atoms with E-state index in [1.54, 1.807) is 6.33 Å². The molecule has 2 unspecified atom stereocenters. The van der Waals surface area contributed by atoms with E-state index in [9.17, 15) is 4.39 Å². The molecular formula is C25H31FN6. The van der Waals surface area contributed by atoms with Gasteiger partial charge >= 0.3 is 0 Å². The largest absolute Gasteiger partial charge is 0.381 e. The number of hydrogen-bond acceptors (Lipinski definition) is 5. The van der Waals surface area contributed by atoms with Crippen molar-refractivity contribution in [3.05, 3.63) is 54.2 Å². The molecule has 5 rings (SSSR count). The first-order valence-electron chi connectivity index (χ1n) is 11.5. The number of aromatic nitrogens is 4. The number of nitrogens with zero attached hydrogens (tertiary/aromatic N) is 4. The van der Waals surface area contributed by atoms with E-state index in [2.05, 4.69) is 43.2 Å². The molecule has 1 aromatic carbocycles. The number of nitrogens with one attached hydrogen (secondary N) is 1. The molecule has 4 aromatic rings. The summed E-state index contributed by atoms with van der Waals surface area (Å²) in [5.74, 6) is 1.05. The lowest BCUT2D eigenvalue weighted by Gasteiger charge is -2.15. The van der Waals surface area contributed by atoms with E-state index in [-0.39, 0.29) is 5.82 Å². The Bertz CT molecular complexity index is 1220. The molecule has 168 valence electrons. The van der Waals surface area contributed by atoms with Gasteiger partial charge < -0.3 is 15.6 Å². The topological polar surface area (TPSA) is 81.7 Å². The molecule has 0 radical (unpaired) electrons. The number of pyridine rings is 1. The first-order valence-corrected chi connectivity index (χ1v) is 11.5. The number of halogens is 1. The van der Waals surface area contributed by atoms with E-state index in [4.69, 9.17) is 5.73 Å². The van der Waals surface area contributed by atoms with Gasteiger partial charge in [0.25, 0.3) is 0 Å². The minimum atomic E-state index is -0.461. The first kappa shape index (κ1) is 22.0. The van der Waals surface area contributed by atoms with Crippen LogP contribution in [0.4, 0.5) is 16.0 Å². The number of hydrogen-bond donors (Lipinski definition) is 2. The number of nitrogens with two attached hydrogens (primary N) is 1. The van der Waals surface area contributed by atoms with Crippen molar-refractivity contribution in [2.75, 3.05) is 18.1 Å². The third kappa shape index (κ3) is 4.24.